The zero-order chi connectivity index (χ0) is 16.1. The van der Waals surface area contributed by atoms with E-state index in [1.807, 2.05) is 0 Å². The van der Waals surface area contributed by atoms with Crippen molar-refractivity contribution in [3.63, 3.8) is 0 Å². The molecule has 0 aromatic carbocycles. The second-order valence-corrected chi connectivity index (χ2v) is 7.20. The van der Waals surface area contributed by atoms with E-state index >= 15 is 0 Å². The van der Waals surface area contributed by atoms with Crippen molar-refractivity contribution in [3.8, 4) is 0 Å². The van der Waals surface area contributed by atoms with Gasteiger partial charge in [0.2, 0.25) is 0 Å². The molecule has 10 heteroatoms. The molecule has 0 radical (unpaired) electrons. The summed E-state index contributed by atoms with van der Waals surface area (Å²) >= 11 is 4.96. The quantitative estimate of drug-likeness (QED) is 0.662. The Morgan fingerprint density at radius 1 is 1.14 bits per heavy atom. The molecule has 1 fully saturated rings. The predicted molar refractivity (Wildman–Crippen MR) is 77.9 cm³/mol. The summed E-state index contributed by atoms with van der Waals surface area (Å²) in [7, 11) is -4.33. The van der Waals surface area contributed by atoms with Crippen molar-refractivity contribution < 1.29 is 21.6 Å². The molecule has 124 valence electrons. The largest absolute Gasteiger partial charge is 0.402 e. The summed E-state index contributed by atoms with van der Waals surface area (Å²) in [4.78, 5) is -0.0261. The first-order chi connectivity index (χ1) is 9.56. The monoisotopic (exact) mass is 347 g/mol. The molecule has 1 aliphatic rings. The fraction of sp³-hybridized carbons (Fsp3) is 0.909. The van der Waals surface area contributed by atoms with Crippen LogP contribution in [0.3, 0.4) is 0 Å². The minimum Gasteiger partial charge on any atom is -0.392 e. The van der Waals surface area contributed by atoms with E-state index in [0.29, 0.717) is 12.8 Å². The van der Waals surface area contributed by atoms with Gasteiger partial charge in [0, 0.05) is 0 Å². The van der Waals surface area contributed by atoms with Crippen LogP contribution in [-0.2, 0) is 10.2 Å². The molecule has 4 N–H and O–H groups in total. The molecule has 1 aliphatic carbocycles. The van der Waals surface area contributed by atoms with E-state index in [0.717, 1.165) is 32.1 Å². The van der Waals surface area contributed by atoms with Gasteiger partial charge in [-0.3, -0.25) is 0 Å². The number of thiocarbonyl (C=S) groups is 1. The van der Waals surface area contributed by atoms with E-state index in [-0.39, 0.29) is 4.99 Å². The topological polar surface area (TPSA) is 84.2 Å². The first-order valence-corrected chi connectivity index (χ1v) is 8.61. The third-order valence-corrected chi connectivity index (χ3v) is 5.05. The van der Waals surface area contributed by atoms with Crippen LogP contribution in [-0.4, -0.2) is 31.7 Å². The Bertz CT molecular complexity index is 458. The number of halogens is 3. The lowest BCUT2D eigenvalue weighted by molar-refractivity contribution is -0.121. The van der Waals surface area contributed by atoms with E-state index in [4.69, 9.17) is 18.0 Å². The number of hydrogen-bond acceptors (Lipinski definition) is 3. The van der Waals surface area contributed by atoms with E-state index < -0.39 is 28.5 Å². The summed E-state index contributed by atoms with van der Waals surface area (Å²) in [5.74, 6) is 0. The first-order valence-electron chi connectivity index (χ1n) is 6.72. The van der Waals surface area contributed by atoms with Gasteiger partial charge >= 0.3 is 6.18 Å². The molecule has 1 rings (SSSR count). The highest BCUT2D eigenvalue weighted by Gasteiger charge is 2.38. The van der Waals surface area contributed by atoms with Crippen LogP contribution in [0.25, 0.3) is 0 Å². The van der Waals surface area contributed by atoms with Crippen molar-refractivity contribution in [2.45, 2.75) is 56.7 Å². The lowest BCUT2D eigenvalue weighted by Gasteiger charge is -2.35. The maximum atomic E-state index is 12.1. The summed E-state index contributed by atoms with van der Waals surface area (Å²) in [6.07, 6.45) is 0.505. The second kappa shape index (κ2) is 7.21. The highest BCUT2D eigenvalue weighted by molar-refractivity contribution is 7.87. The molecular weight excluding hydrogens is 327 g/mol. The maximum absolute atomic E-state index is 12.1. The summed E-state index contributed by atoms with van der Waals surface area (Å²) in [6.45, 7) is -1.63. The van der Waals surface area contributed by atoms with Crippen LogP contribution in [0.5, 0.6) is 0 Å². The first kappa shape index (κ1) is 18.6. The van der Waals surface area contributed by atoms with Crippen LogP contribution in [0.15, 0.2) is 0 Å². The fourth-order valence-electron chi connectivity index (χ4n) is 2.38. The smallest absolute Gasteiger partial charge is 0.392 e. The Kier molecular flexibility index (Phi) is 6.38. The molecule has 1 saturated carbocycles. The Hall–Kier alpha value is -0.450. The highest BCUT2D eigenvalue weighted by Crippen LogP contribution is 2.27. The van der Waals surface area contributed by atoms with Gasteiger partial charge in [-0.2, -0.15) is 31.0 Å². The molecule has 5 nitrogen and oxygen atoms in total. The van der Waals surface area contributed by atoms with Crippen LogP contribution in [0.2, 0.25) is 0 Å². The number of nitrogens with one attached hydrogen (secondary N) is 2. The summed E-state index contributed by atoms with van der Waals surface area (Å²) < 4.78 is 63.8. The number of alkyl halides is 3. The van der Waals surface area contributed by atoms with Crippen molar-refractivity contribution in [1.29, 1.82) is 0 Å². The SMILES string of the molecule is NC(=S)C1(NS(=O)(=O)NCC(F)(F)F)CCCCCCC1. The van der Waals surface area contributed by atoms with E-state index in [9.17, 15) is 21.6 Å². The Morgan fingerprint density at radius 2 is 1.62 bits per heavy atom. The summed E-state index contributed by atoms with van der Waals surface area (Å²) in [6, 6.07) is 0. The molecule has 0 aromatic heterocycles. The maximum Gasteiger partial charge on any atom is 0.402 e. The molecule has 0 unspecified atom stereocenters. The molecule has 0 bridgehead atoms. The van der Waals surface area contributed by atoms with Gasteiger partial charge in [0.25, 0.3) is 10.2 Å². The molecular formula is C11H20F3N3O2S2. The lowest BCUT2D eigenvalue weighted by atomic mass is 9.85. The van der Waals surface area contributed by atoms with Gasteiger partial charge in [0.15, 0.2) is 0 Å². The van der Waals surface area contributed by atoms with Gasteiger partial charge in [0.05, 0.1) is 10.5 Å². The van der Waals surface area contributed by atoms with Crippen LogP contribution < -0.4 is 15.2 Å². The highest BCUT2D eigenvalue weighted by atomic mass is 32.2. The zero-order valence-corrected chi connectivity index (χ0v) is 13.1. The molecule has 0 saturated heterocycles. The van der Waals surface area contributed by atoms with Gasteiger partial charge in [-0.05, 0) is 12.8 Å². The van der Waals surface area contributed by atoms with Gasteiger partial charge < -0.3 is 5.73 Å². The van der Waals surface area contributed by atoms with Crippen LogP contribution in [0.1, 0.15) is 44.9 Å². The van der Waals surface area contributed by atoms with Crippen LogP contribution in [0.4, 0.5) is 13.2 Å². The van der Waals surface area contributed by atoms with Gasteiger partial charge in [-0.25, -0.2) is 0 Å². The van der Waals surface area contributed by atoms with Crippen molar-refractivity contribution in [3.05, 3.63) is 0 Å². The van der Waals surface area contributed by atoms with Crippen LogP contribution >= 0.6 is 12.2 Å². The summed E-state index contributed by atoms with van der Waals surface area (Å²) in [5.41, 5.74) is 4.52. The van der Waals surface area contributed by atoms with Crippen molar-refractivity contribution in [2.24, 2.45) is 5.73 Å². The van der Waals surface area contributed by atoms with Crippen molar-refractivity contribution in [1.82, 2.24) is 9.44 Å². The minimum absolute atomic E-state index is 0.0261. The number of rotatable bonds is 5. The van der Waals surface area contributed by atoms with E-state index in [2.05, 4.69) is 4.72 Å². The average Bonchev–Trinajstić information content (AvgIpc) is 2.29. The minimum atomic E-state index is -4.62. The van der Waals surface area contributed by atoms with E-state index in [1.165, 1.54) is 4.72 Å². The Balaban J connectivity index is 2.83. The molecule has 0 aliphatic heterocycles. The Labute approximate surface area is 128 Å². The predicted octanol–water partition coefficient (Wildman–Crippen LogP) is 1.74. The van der Waals surface area contributed by atoms with Crippen LogP contribution in [0, 0.1) is 0 Å². The molecule has 21 heavy (non-hydrogen) atoms. The Morgan fingerprint density at radius 3 is 2.05 bits per heavy atom. The average molecular weight is 347 g/mol. The third kappa shape index (κ3) is 6.45. The van der Waals surface area contributed by atoms with Gasteiger partial charge in [-0.1, -0.05) is 44.3 Å². The van der Waals surface area contributed by atoms with Gasteiger partial charge in [-0.15, -0.1) is 0 Å². The van der Waals surface area contributed by atoms with Gasteiger partial charge in [0.1, 0.15) is 6.54 Å². The molecule has 0 spiro atoms. The number of nitrogens with two attached hydrogens (primary N) is 1. The lowest BCUT2D eigenvalue weighted by Crippen LogP contribution is -2.59. The molecule has 0 atom stereocenters. The summed E-state index contributed by atoms with van der Waals surface area (Å²) in [5, 5.41) is 0. The zero-order valence-electron chi connectivity index (χ0n) is 11.5. The molecule has 0 aromatic rings. The van der Waals surface area contributed by atoms with Crippen molar-refractivity contribution >= 4 is 27.4 Å². The second-order valence-electron chi connectivity index (χ2n) is 5.26. The fourth-order valence-corrected chi connectivity index (χ4v) is 3.95. The molecule has 0 amide bonds. The van der Waals surface area contributed by atoms with Crippen molar-refractivity contribution in [2.75, 3.05) is 6.54 Å². The number of hydrogen-bond donors (Lipinski definition) is 3. The molecule has 0 heterocycles. The normalized spacial score (nSPS) is 20.5. The third-order valence-electron chi connectivity index (χ3n) is 3.47. The van der Waals surface area contributed by atoms with E-state index in [1.54, 1.807) is 0 Å². The standard InChI is InChI=1S/C11H20F3N3O2S2/c12-11(13,14)8-16-21(18,19)17-10(9(15)20)6-4-2-1-3-5-7-10/h16-17H,1-8H2,(H2,15,20).